The molecule has 0 saturated heterocycles. The van der Waals surface area contributed by atoms with E-state index in [0.717, 1.165) is 38.2 Å². The summed E-state index contributed by atoms with van der Waals surface area (Å²) >= 11 is 0. The third-order valence-electron chi connectivity index (χ3n) is 6.38. The van der Waals surface area contributed by atoms with Crippen molar-refractivity contribution in [2.45, 2.75) is 12.8 Å². The smallest absolute Gasteiger partial charge is 0.309 e. The maximum absolute atomic E-state index is 11.9. The number of rotatable bonds is 5. The van der Waals surface area contributed by atoms with Gasteiger partial charge >= 0.3 is 11.9 Å². The molecule has 1 aromatic heterocycles. The molecule has 1 N–H and O–H groups in total. The Hall–Kier alpha value is -5.21. The number of carbonyl (C=O) groups is 2. The van der Waals surface area contributed by atoms with Crippen LogP contribution < -0.4 is 0 Å². The molecule has 1 heterocycles. The predicted octanol–water partition coefficient (Wildman–Crippen LogP) is 4.71. The van der Waals surface area contributed by atoms with Crippen molar-refractivity contribution in [3.8, 4) is 23.5 Å². The summed E-state index contributed by atoms with van der Waals surface area (Å²) in [7, 11) is 2.70. The Labute approximate surface area is 211 Å². The first-order valence-corrected chi connectivity index (χ1v) is 11.4. The number of H-pyrrole nitrogens is 1. The van der Waals surface area contributed by atoms with E-state index >= 15 is 0 Å². The molecule has 0 radical (unpaired) electrons. The Balaban J connectivity index is 1.84. The van der Waals surface area contributed by atoms with Crippen molar-refractivity contribution >= 4 is 44.5 Å². The van der Waals surface area contributed by atoms with Gasteiger partial charge in [0.1, 0.15) is 5.82 Å². The first-order chi connectivity index (χ1) is 18.0. The van der Waals surface area contributed by atoms with E-state index in [1.165, 1.54) is 14.2 Å². The molecule has 0 aliphatic rings. The summed E-state index contributed by atoms with van der Waals surface area (Å²) in [4.78, 5) is 32.1. The second kappa shape index (κ2) is 9.44. The lowest BCUT2D eigenvalue weighted by atomic mass is 9.95. The number of carbonyl (C=O) groups excluding carboxylic acids is 2. The van der Waals surface area contributed by atoms with Crippen LogP contribution in [0.25, 0.3) is 44.0 Å². The highest BCUT2D eigenvalue weighted by atomic mass is 16.5. The van der Waals surface area contributed by atoms with Gasteiger partial charge in [-0.2, -0.15) is 10.5 Å². The molecule has 0 spiro atoms. The van der Waals surface area contributed by atoms with Crippen LogP contribution in [0.3, 0.4) is 0 Å². The highest BCUT2D eigenvalue weighted by Gasteiger charge is 2.19. The zero-order valence-electron chi connectivity index (χ0n) is 20.1. The summed E-state index contributed by atoms with van der Waals surface area (Å²) in [6, 6.07) is 20.6. The van der Waals surface area contributed by atoms with E-state index < -0.39 is 0 Å². The standard InChI is InChI=1S/C29H20N4O4/c1-36-24(34)12-16-6-8-20-22(10-16)23-11-17(13-25(35)37-2)7-9-21(23)28-27(20)32-29(33-28)26-18(14-30)4-3-5-19(26)15-31/h3-11H,12-13H2,1-2H3,(H,32,33). The van der Waals surface area contributed by atoms with E-state index in [2.05, 4.69) is 17.1 Å². The third-order valence-corrected chi connectivity index (χ3v) is 6.38. The lowest BCUT2D eigenvalue weighted by Gasteiger charge is -2.10. The quantitative estimate of drug-likeness (QED) is 0.280. The van der Waals surface area contributed by atoms with Gasteiger partial charge in [-0.05, 0) is 46.2 Å². The Kier molecular flexibility index (Phi) is 6.01. The van der Waals surface area contributed by atoms with E-state index in [-0.39, 0.29) is 24.8 Å². The molecular weight excluding hydrogens is 468 g/mol. The van der Waals surface area contributed by atoms with Gasteiger partial charge in [0.25, 0.3) is 0 Å². The lowest BCUT2D eigenvalue weighted by molar-refractivity contribution is -0.140. The maximum atomic E-state index is 11.9. The molecule has 5 rings (SSSR count). The fourth-order valence-corrected chi connectivity index (χ4v) is 4.63. The zero-order valence-corrected chi connectivity index (χ0v) is 20.1. The number of nitrogens with zero attached hydrogens (tertiary/aromatic N) is 3. The van der Waals surface area contributed by atoms with Gasteiger partial charge in [-0.25, -0.2) is 4.98 Å². The van der Waals surface area contributed by atoms with Crippen LogP contribution in [0.2, 0.25) is 0 Å². The predicted molar refractivity (Wildman–Crippen MR) is 137 cm³/mol. The minimum Gasteiger partial charge on any atom is -0.469 e. The van der Waals surface area contributed by atoms with Gasteiger partial charge in [-0.15, -0.1) is 0 Å². The van der Waals surface area contributed by atoms with Crippen molar-refractivity contribution in [3.05, 3.63) is 76.9 Å². The summed E-state index contributed by atoms with van der Waals surface area (Å²) in [5, 5.41) is 22.8. The number of aromatic amines is 1. The normalized spacial score (nSPS) is 10.8. The molecule has 4 aromatic carbocycles. The third kappa shape index (κ3) is 4.11. The topological polar surface area (TPSA) is 129 Å². The number of imidazole rings is 1. The fourth-order valence-electron chi connectivity index (χ4n) is 4.63. The van der Waals surface area contributed by atoms with E-state index in [9.17, 15) is 20.1 Å². The summed E-state index contributed by atoms with van der Waals surface area (Å²) in [6.45, 7) is 0. The Morgan fingerprint density at radius 1 is 0.811 bits per heavy atom. The molecule has 8 nitrogen and oxygen atoms in total. The highest BCUT2D eigenvalue weighted by molar-refractivity contribution is 6.24. The van der Waals surface area contributed by atoms with Crippen LogP contribution in [0.15, 0.2) is 54.6 Å². The summed E-state index contributed by atoms with van der Waals surface area (Å²) < 4.78 is 9.67. The van der Waals surface area contributed by atoms with Gasteiger partial charge in [0.05, 0.1) is 66.9 Å². The largest absolute Gasteiger partial charge is 0.469 e. The van der Waals surface area contributed by atoms with Crippen LogP contribution in [0.4, 0.5) is 0 Å². The average molecular weight is 489 g/mol. The van der Waals surface area contributed by atoms with E-state index in [1.54, 1.807) is 18.2 Å². The molecular formula is C29H20N4O4. The second-order valence-electron chi connectivity index (χ2n) is 8.53. The summed E-state index contributed by atoms with van der Waals surface area (Å²) in [5.41, 5.74) is 4.07. The van der Waals surface area contributed by atoms with Crippen LogP contribution in [-0.2, 0) is 31.9 Å². The van der Waals surface area contributed by atoms with Gasteiger partial charge in [0.15, 0.2) is 0 Å². The molecule has 180 valence electrons. The van der Waals surface area contributed by atoms with Crippen molar-refractivity contribution in [3.63, 3.8) is 0 Å². The van der Waals surface area contributed by atoms with Crippen molar-refractivity contribution in [1.29, 1.82) is 10.5 Å². The minimum atomic E-state index is -0.352. The zero-order chi connectivity index (χ0) is 26.1. The van der Waals surface area contributed by atoms with Gasteiger partial charge in [-0.1, -0.05) is 30.3 Å². The number of nitriles is 2. The van der Waals surface area contributed by atoms with Crippen LogP contribution in [0.1, 0.15) is 22.3 Å². The summed E-state index contributed by atoms with van der Waals surface area (Å²) in [6.07, 6.45) is 0.226. The number of hydrogen-bond acceptors (Lipinski definition) is 7. The van der Waals surface area contributed by atoms with Gasteiger partial charge < -0.3 is 14.5 Å². The number of methoxy groups -OCH3 is 2. The Morgan fingerprint density at radius 3 is 1.89 bits per heavy atom. The number of aromatic nitrogens is 2. The van der Waals surface area contributed by atoms with Crippen LogP contribution in [0, 0.1) is 22.7 Å². The Morgan fingerprint density at radius 2 is 1.35 bits per heavy atom. The maximum Gasteiger partial charge on any atom is 0.309 e. The van der Waals surface area contributed by atoms with Crippen molar-refractivity contribution in [2.75, 3.05) is 14.2 Å². The summed E-state index contributed by atoms with van der Waals surface area (Å²) in [5.74, 6) is -0.290. The number of hydrogen-bond donors (Lipinski definition) is 1. The molecule has 0 saturated carbocycles. The van der Waals surface area contributed by atoms with Gasteiger partial charge in [0, 0.05) is 10.8 Å². The SMILES string of the molecule is COC(=O)Cc1ccc2c(c1)c1cc(CC(=O)OC)ccc1c1[nH]c(-c3c(C#N)cccc3C#N)nc21. The molecule has 37 heavy (non-hydrogen) atoms. The molecule has 0 atom stereocenters. The molecule has 5 aromatic rings. The molecule has 0 unspecified atom stereocenters. The first kappa shape index (κ1) is 23.5. The molecule has 0 bridgehead atoms. The lowest BCUT2D eigenvalue weighted by Crippen LogP contribution is -2.04. The number of fused-ring (bicyclic) bond motifs is 6. The van der Waals surface area contributed by atoms with Crippen LogP contribution in [-0.4, -0.2) is 36.1 Å². The van der Waals surface area contributed by atoms with Gasteiger partial charge in [0.2, 0.25) is 0 Å². The molecule has 0 aliphatic heterocycles. The highest BCUT2D eigenvalue weighted by Crippen LogP contribution is 2.37. The number of nitrogens with one attached hydrogen (secondary N) is 1. The number of ether oxygens (including phenoxy) is 2. The first-order valence-electron chi connectivity index (χ1n) is 11.4. The van der Waals surface area contributed by atoms with Crippen LogP contribution >= 0.6 is 0 Å². The van der Waals surface area contributed by atoms with Crippen molar-refractivity contribution < 1.29 is 19.1 Å². The second-order valence-corrected chi connectivity index (χ2v) is 8.53. The molecule has 0 amide bonds. The molecule has 0 fully saturated rings. The van der Waals surface area contributed by atoms with E-state index in [4.69, 9.17) is 14.5 Å². The average Bonchev–Trinajstić information content (AvgIpc) is 3.37. The minimum absolute atomic E-state index is 0.112. The van der Waals surface area contributed by atoms with Crippen LogP contribution in [0.5, 0.6) is 0 Å². The number of benzene rings is 4. The van der Waals surface area contributed by atoms with Crippen molar-refractivity contribution in [2.24, 2.45) is 0 Å². The fraction of sp³-hybridized carbons (Fsp3) is 0.138. The van der Waals surface area contributed by atoms with Crippen molar-refractivity contribution in [1.82, 2.24) is 9.97 Å². The molecule has 0 aliphatic carbocycles. The van der Waals surface area contributed by atoms with Gasteiger partial charge in [-0.3, -0.25) is 9.59 Å². The number of esters is 2. The van der Waals surface area contributed by atoms with E-state index in [0.29, 0.717) is 28.0 Å². The van der Waals surface area contributed by atoms with E-state index in [1.807, 2.05) is 36.4 Å². The monoisotopic (exact) mass is 488 g/mol. The Bertz CT molecular complexity index is 1700. The molecule has 8 heteroatoms.